The summed E-state index contributed by atoms with van der Waals surface area (Å²) in [5, 5.41) is 4.59. The first-order valence-corrected chi connectivity index (χ1v) is 13.0. The van der Waals surface area contributed by atoms with E-state index in [2.05, 4.69) is 27.6 Å². The molecule has 1 saturated heterocycles. The number of rotatable bonds is 6. The van der Waals surface area contributed by atoms with Crippen LogP contribution in [0.2, 0.25) is 0 Å². The van der Waals surface area contributed by atoms with Crippen LogP contribution >= 0.6 is 0 Å². The van der Waals surface area contributed by atoms with Gasteiger partial charge < -0.3 is 19.4 Å². The number of methoxy groups -OCH3 is 1. The van der Waals surface area contributed by atoms with E-state index in [9.17, 15) is 22.4 Å². The summed E-state index contributed by atoms with van der Waals surface area (Å²) in [6.07, 6.45) is -4.14. The number of imidazole rings is 1. The van der Waals surface area contributed by atoms with Crippen molar-refractivity contribution in [3.63, 3.8) is 0 Å². The van der Waals surface area contributed by atoms with Crippen molar-refractivity contribution in [1.82, 2.24) is 24.7 Å². The van der Waals surface area contributed by atoms with Gasteiger partial charge in [-0.1, -0.05) is 12.0 Å². The average Bonchev–Trinajstić information content (AvgIpc) is 3.25. The van der Waals surface area contributed by atoms with Crippen LogP contribution in [0, 0.1) is 11.8 Å². The molecule has 0 saturated carbocycles. The van der Waals surface area contributed by atoms with Crippen molar-refractivity contribution in [2.24, 2.45) is 0 Å². The lowest BCUT2D eigenvalue weighted by atomic mass is 10.00. The van der Waals surface area contributed by atoms with E-state index in [4.69, 9.17) is 4.74 Å². The molecule has 2 aliphatic rings. The van der Waals surface area contributed by atoms with Gasteiger partial charge in [0.15, 0.2) is 5.65 Å². The quantitative estimate of drug-likeness (QED) is 0.357. The minimum absolute atomic E-state index is 0.0198. The summed E-state index contributed by atoms with van der Waals surface area (Å²) in [6, 6.07) is 8.15. The fraction of sp³-hybridized carbons (Fsp3) is 0.429. The summed E-state index contributed by atoms with van der Waals surface area (Å²) < 4.78 is 61.8. The van der Waals surface area contributed by atoms with Gasteiger partial charge in [0, 0.05) is 31.4 Å². The van der Waals surface area contributed by atoms with E-state index in [1.807, 2.05) is 18.0 Å². The lowest BCUT2D eigenvalue weighted by molar-refractivity contribution is -0.128. The molecule has 3 aromatic rings. The van der Waals surface area contributed by atoms with Gasteiger partial charge in [0.1, 0.15) is 17.6 Å². The van der Waals surface area contributed by atoms with E-state index in [0.717, 1.165) is 5.56 Å². The second-order valence-corrected chi connectivity index (χ2v) is 10.00. The molecule has 2 N–H and O–H groups in total. The van der Waals surface area contributed by atoms with Gasteiger partial charge in [0.2, 0.25) is 0 Å². The van der Waals surface area contributed by atoms with Crippen LogP contribution < -0.4 is 15.5 Å². The number of hydrogen-bond acceptors (Lipinski definition) is 6. The number of ether oxygens (including phenoxy) is 1. The highest BCUT2D eigenvalue weighted by molar-refractivity contribution is 5.96. The van der Waals surface area contributed by atoms with E-state index >= 15 is 0 Å². The molecule has 0 radical (unpaired) electrons. The molecule has 212 valence electrons. The third kappa shape index (κ3) is 6.00. The highest BCUT2D eigenvalue weighted by atomic mass is 19.4. The van der Waals surface area contributed by atoms with Crippen molar-refractivity contribution in [1.29, 1.82) is 0 Å². The Labute approximate surface area is 229 Å². The molecule has 0 aliphatic carbocycles. The highest BCUT2D eigenvalue weighted by Gasteiger charge is 2.32. The number of aromatic nitrogens is 2. The fourth-order valence-corrected chi connectivity index (χ4v) is 5.10. The molecule has 40 heavy (non-hydrogen) atoms. The van der Waals surface area contributed by atoms with Crippen molar-refractivity contribution in [3.8, 4) is 17.6 Å². The number of piperidine rings is 1. The van der Waals surface area contributed by atoms with Crippen LogP contribution in [0.3, 0.4) is 0 Å². The number of halogens is 4. The number of benzene rings is 1. The second-order valence-electron chi connectivity index (χ2n) is 10.00. The van der Waals surface area contributed by atoms with Crippen LogP contribution in [0.1, 0.15) is 33.7 Å². The summed E-state index contributed by atoms with van der Waals surface area (Å²) in [4.78, 5) is 19.2. The number of likely N-dealkylation sites (tertiary alicyclic amines) is 1. The summed E-state index contributed by atoms with van der Waals surface area (Å²) in [6.45, 7) is 1.43. The molecule has 2 aromatic heterocycles. The van der Waals surface area contributed by atoms with E-state index in [1.165, 1.54) is 22.7 Å². The Kier molecular flexibility index (Phi) is 7.87. The molecule has 1 amide bonds. The van der Waals surface area contributed by atoms with E-state index in [-0.39, 0.29) is 36.0 Å². The summed E-state index contributed by atoms with van der Waals surface area (Å²) in [7, 11) is 3.37. The monoisotopic (exact) mass is 558 g/mol. The Bertz CT molecular complexity index is 1460. The SMILES string of the molecule is COc1ccc2c(c1)C(=O)N(NCC#Cc1nc3c(N[C@@H]4CCN(C)C[C@@H]4F)cccn3c1CC(F)(F)F)CC2. The molecule has 0 spiro atoms. The Balaban J connectivity index is 1.36. The standard InChI is InChI=1S/C28H30F4N6O2/c1-36-13-10-22(21(29)17-36)34-24-6-4-12-37-25(16-28(30,31)32)23(35-26(24)37)5-3-11-33-38-14-9-18-7-8-19(40-2)15-20(18)27(38)39/h4,6-8,12,15,21-22,33-34H,9-11,13-14,16-17H2,1-2H3/t21-,22+/m0/s1. The maximum absolute atomic E-state index is 14.7. The number of hydrogen-bond donors (Lipinski definition) is 2. The van der Waals surface area contributed by atoms with Crippen molar-refractivity contribution in [2.75, 3.05) is 45.7 Å². The lowest BCUT2D eigenvalue weighted by Gasteiger charge is -2.33. The topological polar surface area (TPSA) is 74.1 Å². The van der Waals surface area contributed by atoms with E-state index < -0.39 is 24.8 Å². The molecule has 2 atom stereocenters. The molecule has 1 aromatic carbocycles. The number of amides is 1. The Morgan fingerprint density at radius 3 is 2.80 bits per heavy atom. The molecular formula is C28H30F4N6O2. The zero-order chi connectivity index (χ0) is 28.4. The summed E-state index contributed by atoms with van der Waals surface area (Å²) in [5.74, 6) is 5.90. The molecule has 4 heterocycles. The number of nitrogens with one attached hydrogen (secondary N) is 2. The molecular weight excluding hydrogens is 528 g/mol. The molecule has 5 rings (SSSR count). The van der Waals surface area contributed by atoms with Crippen LogP contribution in [-0.2, 0) is 12.8 Å². The number of fused-ring (bicyclic) bond motifs is 2. The number of pyridine rings is 1. The summed E-state index contributed by atoms with van der Waals surface area (Å²) in [5.41, 5.74) is 4.97. The first kappa shape index (κ1) is 27.7. The van der Waals surface area contributed by atoms with Gasteiger partial charge >= 0.3 is 6.18 Å². The maximum Gasteiger partial charge on any atom is 0.394 e. The van der Waals surface area contributed by atoms with Crippen LogP contribution in [0.5, 0.6) is 5.75 Å². The number of anilines is 1. The van der Waals surface area contributed by atoms with Gasteiger partial charge in [0.25, 0.3) is 5.91 Å². The largest absolute Gasteiger partial charge is 0.497 e. The second kappa shape index (κ2) is 11.3. The van der Waals surface area contributed by atoms with Crippen molar-refractivity contribution in [3.05, 3.63) is 59.0 Å². The zero-order valence-electron chi connectivity index (χ0n) is 22.2. The molecule has 0 bridgehead atoms. The highest BCUT2D eigenvalue weighted by Crippen LogP contribution is 2.28. The predicted molar refractivity (Wildman–Crippen MR) is 142 cm³/mol. The van der Waals surface area contributed by atoms with E-state index in [0.29, 0.717) is 42.9 Å². The first-order chi connectivity index (χ1) is 19.1. The normalized spacial score (nSPS) is 19.8. The molecule has 8 nitrogen and oxygen atoms in total. The number of carbonyl (C=O) groups excluding carboxylic acids is 1. The maximum atomic E-state index is 14.7. The van der Waals surface area contributed by atoms with Gasteiger partial charge in [0.05, 0.1) is 37.5 Å². The van der Waals surface area contributed by atoms with Crippen molar-refractivity contribution < 1.29 is 27.1 Å². The van der Waals surface area contributed by atoms with Crippen LogP contribution in [0.15, 0.2) is 36.5 Å². The van der Waals surface area contributed by atoms with Gasteiger partial charge in [-0.3, -0.25) is 9.80 Å². The first-order valence-electron chi connectivity index (χ1n) is 13.0. The minimum Gasteiger partial charge on any atom is -0.497 e. The fourth-order valence-electron chi connectivity index (χ4n) is 5.10. The minimum atomic E-state index is -4.49. The molecule has 1 fully saturated rings. The average molecular weight is 559 g/mol. The van der Waals surface area contributed by atoms with Gasteiger partial charge in [-0.25, -0.2) is 14.8 Å². The smallest absolute Gasteiger partial charge is 0.394 e. The molecule has 2 aliphatic heterocycles. The number of carbonyl (C=O) groups is 1. The van der Waals surface area contributed by atoms with Crippen molar-refractivity contribution in [2.45, 2.75) is 37.7 Å². The molecule has 12 heteroatoms. The Morgan fingerprint density at radius 1 is 1.23 bits per heavy atom. The zero-order valence-corrected chi connectivity index (χ0v) is 22.2. The van der Waals surface area contributed by atoms with Crippen LogP contribution in [0.4, 0.5) is 23.2 Å². The molecule has 0 unspecified atom stereocenters. The van der Waals surface area contributed by atoms with Crippen LogP contribution in [0.25, 0.3) is 5.65 Å². The van der Waals surface area contributed by atoms with Gasteiger partial charge in [-0.05, 0) is 55.6 Å². The predicted octanol–water partition coefficient (Wildman–Crippen LogP) is 3.46. The van der Waals surface area contributed by atoms with Crippen LogP contribution in [-0.4, -0.2) is 83.9 Å². The van der Waals surface area contributed by atoms with Gasteiger partial charge in [-0.2, -0.15) is 13.2 Å². The number of alkyl halides is 4. The summed E-state index contributed by atoms with van der Waals surface area (Å²) >= 11 is 0. The van der Waals surface area contributed by atoms with E-state index in [1.54, 1.807) is 24.3 Å². The number of hydrazine groups is 1. The lowest BCUT2D eigenvalue weighted by Crippen LogP contribution is -2.47. The Hall–Kier alpha value is -3.82. The van der Waals surface area contributed by atoms with Crippen molar-refractivity contribution >= 4 is 17.2 Å². The van der Waals surface area contributed by atoms with Gasteiger partial charge in [-0.15, -0.1) is 0 Å². The third-order valence-corrected chi connectivity index (χ3v) is 7.16. The third-order valence-electron chi connectivity index (χ3n) is 7.16. The number of nitrogens with zero attached hydrogens (tertiary/aromatic N) is 4. The Morgan fingerprint density at radius 2 is 2.05 bits per heavy atom.